The van der Waals surface area contributed by atoms with Crippen LogP contribution in [0.2, 0.25) is 0 Å². The minimum atomic E-state index is -0.199. The van der Waals surface area contributed by atoms with Gasteiger partial charge in [-0.2, -0.15) is 0 Å². The Hall–Kier alpha value is -1.68. The second-order valence-corrected chi connectivity index (χ2v) is 3.71. The van der Waals surface area contributed by atoms with Gasteiger partial charge in [-0.25, -0.2) is 9.37 Å². The van der Waals surface area contributed by atoms with Crippen LogP contribution < -0.4 is 5.32 Å². The van der Waals surface area contributed by atoms with E-state index in [0.29, 0.717) is 13.1 Å². The van der Waals surface area contributed by atoms with Crippen LogP contribution in [0.15, 0.2) is 30.6 Å². The van der Waals surface area contributed by atoms with Crippen molar-refractivity contribution in [3.05, 3.63) is 53.4 Å². The van der Waals surface area contributed by atoms with Crippen molar-refractivity contribution >= 4 is 0 Å². The molecular weight excluding hydrogens is 205 g/mol. The summed E-state index contributed by atoms with van der Waals surface area (Å²) >= 11 is 0. The van der Waals surface area contributed by atoms with Gasteiger partial charge in [-0.05, 0) is 24.6 Å². The molecule has 0 amide bonds. The Balaban J connectivity index is 1.87. The molecule has 0 bridgehead atoms. The van der Waals surface area contributed by atoms with Gasteiger partial charge in [0.05, 0.1) is 12.0 Å². The first-order valence-corrected chi connectivity index (χ1v) is 5.20. The molecule has 2 aromatic rings. The number of hydrogen-bond acceptors (Lipinski definition) is 2. The molecule has 0 saturated carbocycles. The lowest BCUT2D eigenvalue weighted by molar-refractivity contribution is 0.619. The molecule has 16 heavy (non-hydrogen) atoms. The van der Waals surface area contributed by atoms with Gasteiger partial charge in [-0.3, -0.25) is 0 Å². The highest BCUT2D eigenvalue weighted by Crippen LogP contribution is 2.04. The lowest BCUT2D eigenvalue weighted by atomic mass is 10.2. The Bertz CT molecular complexity index is 465. The molecule has 84 valence electrons. The Labute approximate surface area is 93.7 Å². The Kier molecular flexibility index (Phi) is 3.31. The predicted octanol–water partition coefficient (Wildman–Crippen LogP) is 2.15. The van der Waals surface area contributed by atoms with Crippen molar-refractivity contribution in [1.29, 1.82) is 0 Å². The van der Waals surface area contributed by atoms with Crippen LogP contribution in [-0.4, -0.2) is 9.97 Å². The minimum Gasteiger partial charge on any atom is -0.348 e. The van der Waals surface area contributed by atoms with E-state index in [-0.39, 0.29) is 5.82 Å². The van der Waals surface area contributed by atoms with E-state index in [2.05, 4.69) is 15.3 Å². The first-order chi connectivity index (χ1) is 7.75. The van der Waals surface area contributed by atoms with Crippen LogP contribution in [0.4, 0.5) is 4.39 Å². The molecule has 0 aliphatic rings. The van der Waals surface area contributed by atoms with Crippen molar-refractivity contribution in [3.63, 3.8) is 0 Å². The highest BCUT2D eigenvalue weighted by atomic mass is 19.1. The number of aromatic nitrogens is 2. The van der Waals surface area contributed by atoms with Gasteiger partial charge in [0.1, 0.15) is 5.82 Å². The number of aromatic amines is 1. The standard InChI is InChI=1S/C12H14FN3/c1-9-12(16-8-15-9)7-14-6-10-3-2-4-11(13)5-10/h2-5,8,14H,6-7H2,1H3,(H,15,16). The van der Waals surface area contributed by atoms with E-state index < -0.39 is 0 Å². The first-order valence-electron chi connectivity index (χ1n) is 5.20. The Morgan fingerprint density at radius 3 is 2.94 bits per heavy atom. The van der Waals surface area contributed by atoms with Gasteiger partial charge >= 0.3 is 0 Å². The van der Waals surface area contributed by atoms with Gasteiger partial charge < -0.3 is 10.3 Å². The van der Waals surface area contributed by atoms with E-state index in [9.17, 15) is 4.39 Å². The predicted molar refractivity (Wildman–Crippen MR) is 60.3 cm³/mol. The number of nitrogens with zero attached hydrogens (tertiary/aromatic N) is 1. The summed E-state index contributed by atoms with van der Waals surface area (Å²) in [4.78, 5) is 7.19. The summed E-state index contributed by atoms with van der Waals surface area (Å²) in [5.41, 5.74) is 3.00. The molecule has 3 nitrogen and oxygen atoms in total. The van der Waals surface area contributed by atoms with E-state index in [0.717, 1.165) is 17.0 Å². The monoisotopic (exact) mass is 219 g/mol. The molecule has 1 aromatic heterocycles. The number of aryl methyl sites for hydroxylation is 1. The summed E-state index contributed by atoms with van der Waals surface area (Å²) in [5.74, 6) is -0.199. The van der Waals surface area contributed by atoms with E-state index >= 15 is 0 Å². The summed E-state index contributed by atoms with van der Waals surface area (Å²) in [7, 11) is 0. The van der Waals surface area contributed by atoms with Crippen molar-refractivity contribution in [3.8, 4) is 0 Å². The van der Waals surface area contributed by atoms with Crippen LogP contribution in [0, 0.1) is 12.7 Å². The van der Waals surface area contributed by atoms with Crippen LogP contribution in [-0.2, 0) is 13.1 Å². The number of halogens is 1. The zero-order valence-corrected chi connectivity index (χ0v) is 9.13. The third-order valence-corrected chi connectivity index (χ3v) is 2.44. The highest BCUT2D eigenvalue weighted by Gasteiger charge is 2.00. The number of benzene rings is 1. The number of H-pyrrole nitrogens is 1. The zero-order chi connectivity index (χ0) is 11.4. The molecule has 0 radical (unpaired) electrons. The average molecular weight is 219 g/mol. The Morgan fingerprint density at radius 2 is 2.25 bits per heavy atom. The van der Waals surface area contributed by atoms with Gasteiger partial charge in [0.25, 0.3) is 0 Å². The number of rotatable bonds is 4. The molecule has 0 fully saturated rings. The van der Waals surface area contributed by atoms with Crippen LogP contribution in [0.5, 0.6) is 0 Å². The average Bonchev–Trinajstić information content (AvgIpc) is 2.65. The van der Waals surface area contributed by atoms with Crippen LogP contribution in [0.1, 0.15) is 17.0 Å². The summed E-state index contributed by atoms with van der Waals surface area (Å²) in [5, 5.41) is 3.22. The molecule has 0 spiro atoms. The molecule has 0 aliphatic heterocycles. The highest BCUT2D eigenvalue weighted by molar-refractivity contribution is 5.16. The fourth-order valence-electron chi connectivity index (χ4n) is 1.54. The van der Waals surface area contributed by atoms with Crippen molar-refractivity contribution in [2.75, 3.05) is 0 Å². The zero-order valence-electron chi connectivity index (χ0n) is 9.13. The number of hydrogen-bond donors (Lipinski definition) is 2. The van der Waals surface area contributed by atoms with E-state index in [1.807, 2.05) is 13.0 Å². The summed E-state index contributed by atoms with van der Waals surface area (Å²) in [6.07, 6.45) is 1.68. The second kappa shape index (κ2) is 4.90. The maximum Gasteiger partial charge on any atom is 0.123 e. The fourth-order valence-corrected chi connectivity index (χ4v) is 1.54. The van der Waals surface area contributed by atoms with Crippen molar-refractivity contribution in [1.82, 2.24) is 15.3 Å². The molecular formula is C12H14FN3. The first kappa shape index (κ1) is 10.8. The maximum atomic E-state index is 12.9. The molecule has 0 saturated heterocycles. The minimum absolute atomic E-state index is 0.199. The van der Waals surface area contributed by atoms with Crippen LogP contribution >= 0.6 is 0 Å². The van der Waals surface area contributed by atoms with Crippen LogP contribution in [0.25, 0.3) is 0 Å². The van der Waals surface area contributed by atoms with E-state index in [4.69, 9.17) is 0 Å². The van der Waals surface area contributed by atoms with Gasteiger partial charge in [-0.1, -0.05) is 12.1 Å². The molecule has 2 rings (SSSR count). The molecule has 2 N–H and O–H groups in total. The van der Waals surface area contributed by atoms with Crippen molar-refractivity contribution < 1.29 is 4.39 Å². The fraction of sp³-hybridized carbons (Fsp3) is 0.250. The third kappa shape index (κ3) is 2.67. The molecule has 0 unspecified atom stereocenters. The third-order valence-electron chi connectivity index (χ3n) is 2.44. The van der Waals surface area contributed by atoms with Gasteiger partial charge in [0.2, 0.25) is 0 Å². The van der Waals surface area contributed by atoms with Gasteiger partial charge in [0.15, 0.2) is 0 Å². The number of imidazole rings is 1. The van der Waals surface area contributed by atoms with Gasteiger partial charge in [-0.15, -0.1) is 0 Å². The summed E-state index contributed by atoms with van der Waals surface area (Å²) in [6, 6.07) is 6.59. The van der Waals surface area contributed by atoms with Crippen molar-refractivity contribution in [2.24, 2.45) is 0 Å². The lowest BCUT2D eigenvalue weighted by Crippen LogP contribution is -2.13. The lowest BCUT2D eigenvalue weighted by Gasteiger charge is -2.03. The normalized spacial score (nSPS) is 10.6. The smallest absolute Gasteiger partial charge is 0.123 e. The molecule has 1 aromatic carbocycles. The van der Waals surface area contributed by atoms with E-state index in [1.54, 1.807) is 12.4 Å². The molecule has 1 heterocycles. The topological polar surface area (TPSA) is 40.7 Å². The second-order valence-electron chi connectivity index (χ2n) is 3.71. The molecule has 4 heteroatoms. The van der Waals surface area contributed by atoms with Gasteiger partial charge in [0, 0.05) is 18.8 Å². The molecule has 0 aliphatic carbocycles. The summed E-state index contributed by atoms with van der Waals surface area (Å²) in [6.45, 7) is 3.31. The SMILES string of the molecule is Cc1[nH]cnc1CNCc1cccc(F)c1. The quantitative estimate of drug-likeness (QED) is 0.827. The summed E-state index contributed by atoms with van der Waals surface area (Å²) < 4.78 is 12.9. The van der Waals surface area contributed by atoms with Crippen molar-refractivity contribution in [2.45, 2.75) is 20.0 Å². The Morgan fingerprint density at radius 1 is 1.38 bits per heavy atom. The van der Waals surface area contributed by atoms with E-state index in [1.165, 1.54) is 12.1 Å². The number of nitrogens with one attached hydrogen (secondary N) is 2. The largest absolute Gasteiger partial charge is 0.348 e. The maximum absolute atomic E-state index is 12.9. The molecule has 0 atom stereocenters. The van der Waals surface area contributed by atoms with Crippen LogP contribution in [0.3, 0.4) is 0 Å².